The summed E-state index contributed by atoms with van der Waals surface area (Å²) in [7, 11) is 0. The molecule has 0 amide bonds. The maximum absolute atomic E-state index is 11.4. The summed E-state index contributed by atoms with van der Waals surface area (Å²) in [6, 6.07) is 0. The maximum atomic E-state index is 11.4. The number of hydrogen-bond acceptors (Lipinski definition) is 3. The maximum Gasteiger partial charge on any atom is 0.338 e. The molecule has 0 rings (SSSR count). The fraction of sp³-hybridized carbons (Fsp3) is 0.250. The normalized spacial score (nSPS) is 13.6. The summed E-state index contributed by atoms with van der Waals surface area (Å²) in [4.78, 5) is 11.4. The molecule has 82 valence electrons. The van der Waals surface area contributed by atoms with Gasteiger partial charge in [-0.2, -0.15) is 0 Å². The lowest BCUT2D eigenvalue weighted by atomic mass is 10.2. The molecule has 0 aromatic rings. The first-order valence-corrected chi connectivity index (χ1v) is 4.58. The quantitative estimate of drug-likeness (QED) is 0.411. The molecule has 0 aromatic heterocycles. The highest BCUT2D eigenvalue weighted by atomic mass is 16.5. The summed E-state index contributed by atoms with van der Waals surface area (Å²) in [5, 5.41) is 8.94. The fourth-order valence-electron chi connectivity index (χ4n) is 0.770. The molecule has 0 aromatic carbocycles. The van der Waals surface area contributed by atoms with Gasteiger partial charge in [0, 0.05) is 0 Å². The zero-order chi connectivity index (χ0) is 11.7. The molecule has 0 saturated carbocycles. The van der Waals surface area contributed by atoms with Crippen LogP contribution in [0.25, 0.3) is 0 Å². The second-order valence-electron chi connectivity index (χ2n) is 2.90. The lowest BCUT2D eigenvalue weighted by Gasteiger charge is -2.06. The van der Waals surface area contributed by atoms with Crippen molar-refractivity contribution in [3.05, 3.63) is 49.1 Å². The standard InChI is InChI=1S/C12H16O3/c1-4-6-8-11(7-5-2)12(14)15-9-10(3)13/h4-8,10,13H,1-2,9H2,3H3/b8-6-,11-7+. The Morgan fingerprint density at radius 1 is 1.47 bits per heavy atom. The van der Waals surface area contributed by atoms with E-state index in [2.05, 4.69) is 13.2 Å². The van der Waals surface area contributed by atoms with Gasteiger partial charge in [0.05, 0.1) is 11.7 Å². The molecule has 0 fully saturated rings. The average molecular weight is 208 g/mol. The van der Waals surface area contributed by atoms with E-state index in [1.165, 1.54) is 12.2 Å². The summed E-state index contributed by atoms with van der Waals surface area (Å²) in [6.45, 7) is 8.51. The number of allylic oxidation sites excluding steroid dienone is 4. The van der Waals surface area contributed by atoms with Gasteiger partial charge in [-0.05, 0) is 19.1 Å². The van der Waals surface area contributed by atoms with Crippen LogP contribution >= 0.6 is 0 Å². The minimum absolute atomic E-state index is 0.0186. The van der Waals surface area contributed by atoms with Gasteiger partial charge in [0.1, 0.15) is 6.61 Å². The molecule has 1 unspecified atom stereocenters. The molecule has 0 bridgehead atoms. The van der Waals surface area contributed by atoms with Crippen molar-refractivity contribution in [2.75, 3.05) is 6.61 Å². The number of aliphatic hydroxyl groups excluding tert-OH is 1. The largest absolute Gasteiger partial charge is 0.459 e. The van der Waals surface area contributed by atoms with Gasteiger partial charge in [0.15, 0.2) is 0 Å². The van der Waals surface area contributed by atoms with E-state index in [1.54, 1.807) is 25.2 Å². The van der Waals surface area contributed by atoms with Crippen LogP contribution < -0.4 is 0 Å². The number of aliphatic hydroxyl groups is 1. The van der Waals surface area contributed by atoms with Crippen LogP contribution in [0.3, 0.4) is 0 Å². The van der Waals surface area contributed by atoms with E-state index < -0.39 is 12.1 Å². The molecule has 3 nitrogen and oxygen atoms in total. The van der Waals surface area contributed by atoms with E-state index in [1.807, 2.05) is 0 Å². The van der Waals surface area contributed by atoms with Crippen LogP contribution in [0.5, 0.6) is 0 Å². The molecule has 1 atom stereocenters. The molecular formula is C12H16O3. The first-order valence-electron chi connectivity index (χ1n) is 4.58. The van der Waals surface area contributed by atoms with Crippen molar-refractivity contribution in [1.29, 1.82) is 0 Å². The Labute approximate surface area is 90.1 Å². The number of rotatable bonds is 6. The second-order valence-corrected chi connectivity index (χ2v) is 2.90. The van der Waals surface area contributed by atoms with Gasteiger partial charge < -0.3 is 9.84 Å². The van der Waals surface area contributed by atoms with Crippen molar-refractivity contribution in [2.45, 2.75) is 13.0 Å². The number of ether oxygens (including phenoxy) is 1. The topological polar surface area (TPSA) is 46.5 Å². The average Bonchev–Trinajstić information content (AvgIpc) is 2.20. The third-order valence-corrected chi connectivity index (χ3v) is 1.40. The molecule has 3 heteroatoms. The zero-order valence-electron chi connectivity index (χ0n) is 8.85. The Morgan fingerprint density at radius 2 is 2.13 bits per heavy atom. The first-order chi connectivity index (χ1) is 7.11. The first kappa shape index (κ1) is 13.4. The van der Waals surface area contributed by atoms with Crippen LogP contribution in [-0.4, -0.2) is 23.8 Å². The summed E-state index contributed by atoms with van der Waals surface area (Å²) in [6.07, 6.45) is 7.11. The zero-order valence-corrected chi connectivity index (χ0v) is 8.85. The Kier molecular flexibility index (Phi) is 6.93. The molecule has 0 saturated heterocycles. The van der Waals surface area contributed by atoms with Crippen molar-refractivity contribution < 1.29 is 14.6 Å². The van der Waals surface area contributed by atoms with Gasteiger partial charge in [0.25, 0.3) is 0 Å². The summed E-state index contributed by atoms with van der Waals surface area (Å²) in [5.41, 5.74) is 0.366. The summed E-state index contributed by atoms with van der Waals surface area (Å²) < 4.78 is 4.82. The number of esters is 1. The van der Waals surface area contributed by atoms with Crippen molar-refractivity contribution in [3.63, 3.8) is 0 Å². The van der Waals surface area contributed by atoms with Gasteiger partial charge >= 0.3 is 5.97 Å². The minimum Gasteiger partial charge on any atom is -0.459 e. The number of carbonyl (C=O) groups is 1. The molecule has 0 spiro atoms. The third kappa shape index (κ3) is 6.46. The van der Waals surface area contributed by atoms with Gasteiger partial charge in [0.2, 0.25) is 0 Å². The Hall–Kier alpha value is -1.61. The lowest BCUT2D eigenvalue weighted by Crippen LogP contribution is -2.16. The van der Waals surface area contributed by atoms with Gasteiger partial charge in [-0.1, -0.05) is 31.4 Å². The summed E-state index contributed by atoms with van der Waals surface area (Å²) >= 11 is 0. The molecule has 0 heterocycles. The van der Waals surface area contributed by atoms with Crippen molar-refractivity contribution in [3.8, 4) is 0 Å². The highest BCUT2D eigenvalue weighted by molar-refractivity contribution is 5.91. The van der Waals surface area contributed by atoms with E-state index >= 15 is 0 Å². The molecule has 0 aliphatic rings. The lowest BCUT2D eigenvalue weighted by molar-refractivity contribution is -0.141. The van der Waals surface area contributed by atoms with Crippen LogP contribution in [0.1, 0.15) is 6.92 Å². The van der Waals surface area contributed by atoms with Crippen LogP contribution in [0, 0.1) is 0 Å². The van der Waals surface area contributed by atoms with Crippen LogP contribution in [0.2, 0.25) is 0 Å². The monoisotopic (exact) mass is 208 g/mol. The number of carbonyl (C=O) groups excluding carboxylic acids is 1. The van der Waals surface area contributed by atoms with E-state index in [9.17, 15) is 4.79 Å². The minimum atomic E-state index is -0.665. The smallest absolute Gasteiger partial charge is 0.338 e. The molecule has 0 radical (unpaired) electrons. The predicted molar refractivity (Wildman–Crippen MR) is 60.3 cm³/mol. The van der Waals surface area contributed by atoms with Crippen LogP contribution in [-0.2, 0) is 9.53 Å². The van der Waals surface area contributed by atoms with Gasteiger partial charge in [-0.15, -0.1) is 0 Å². The van der Waals surface area contributed by atoms with Crippen LogP contribution in [0.15, 0.2) is 49.1 Å². The molecule has 1 N–H and O–H groups in total. The second kappa shape index (κ2) is 7.76. The number of hydrogen-bond donors (Lipinski definition) is 1. The Morgan fingerprint density at radius 3 is 2.60 bits per heavy atom. The van der Waals surface area contributed by atoms with Crippen molar-refractivity contribution >= 4 is 5.97 Å². The highest BCUT2D eigenvalue weighted by Crippen LogP contribution is 2.02. The Balaban J connectivity index is 4.43. The molecular weight excluding hydrogens is 192 g/mol. The molecule has 0 aliphatic carbocycles. The Bertz CT molecular complexity index is 285. The molecule has 0 aliphatic heterocycles. The fourth-order valence-corrected chi connectivity index (χ4v) is 0.770. The molecule has 15 heavy (non-hydrogen) atoms. The van der Waals surface area contributed by atoms with Gasteiger partial charge in [-0.25, -0.2) is 4.79 Å². The summed E-state index contributed by atoms with van der Waals surface area (Å²) in [5.74, 6) is -0.492. The SMILES string of the molecule is C=C/C=C\C(=C/C=C)C(=O)OCC(C)O. The van der Waals surface area contributed by atoms with E-state index in [0.717, 1.165) is 0 Å². The van der Waals surface area contributed by atoms with E-state index in [4.69, 9.17) is 9.84 Å². The third-order valence-electron chi connectivity index (χ3n) is 1.40. The van der Waals surface area contributed by atoms with Gasteiger partial charge in [-0.3, -0.25) is 0 Å². The highest BCUT2D eigenvalue weighted by Gasteiger charge is 2.08. The predicted octanol–water partition coefficient (Wildman–Crippen LogP) is 1.76. The van der Waals surface area contributed by atoms with Crippen molar-refractivity contribution in [1.82, 2.24) is 0 Å². The van der Waals surface area contributed by atoms with Crippen molar-refractivity contribution in [2.24, 2.45) is 0 Å². The van der Waals surface area contributed by atoms with Crippen LogP contribution in [0.4, 0.5) is 0 Å². The van der Waals surface area contributed by atoms with E-state index in [-0.39, 0.29) is 6.61 Å². The van der Waals surface area contributed by atoms with E-state index in [0.29, 0.717) is 5.57 Å².